The summed E-state index contributed by atoms with van der Waals surface area (Å²) < 4.78 is 18.1. The molecule has 0 fully saturated rings. The van der Waals surface area contributed by atoms with E-state index in [4.69, 9.17) is 14.0 Å². The lowest BCUT2D eigenvalue weighted by molar-refractivity contribution is 0.174. The lowest BCUT2D eigenvalue weighted by Gasteiger charge is -2.10. The van der Waals surface area contributed by atoms with Crippen molar-refractivity contribution in [3.8, 4) is 34.5 Å². The van der Waals surface area contributed by atoms with E-state index in [-0.39, 0.29) is 12.8 Å². The van der Waals surface area contributed by atoms with Crippen LogP contribution in [0.5, 0.6) is 11.5 Å². The number of rotatable bonds is 6. The second-order valence-corrected chi connectivity index (χ2v) is 9.00. The molecule has 3 aromatic carbocycles. The zero-order valence-electron chi connectivity index (χ0n) is 20.8. The molecule has 10 nitrogen and oxygen atoms in total. The molecule has 0 atom stereocenters. The minimum absolute atomic E-state index is 0.204. The van der Waals surface area contributed by atoms with Gasteiger partial charge in [-0.3, -0.25) is 0 Å². The highest BCUT2D eigenvalue weighted by Gasteiger charge is 2.18. The average molecular weight is 509 g/mol. The van der Waals surface area contributed by atoms with Gasteiger partial charge in [0.05, 0.1) is 6.33 Å². The third-order valence-electron chi connectivity index (χ3n) is 6.25. The third kappa shape index (κ3) is 4.92. The number of hydrogen-bond acceptors (Lipinski definition) is 7. The summed E-state index contributed by atoms with van der Waals surface area (Å²) in [6.45, 7) is 4.84. The zero-order valence-corrected chi connectivity index (χ0v) is 20.8. The molecule has 190 valence electrons. The standard InChI is InChI=1S/C28H24N6O4/c1-17-3-7-22(11-18(17)2)31-28(35)30-21-8-4-19(5-9-21)13-34-14-23(29-15-34)27-32-26(33-38-27)20-6-10-24-25(12-20)37-16-36-24/h3-12,14-15H,13,16H2,1-2H3,(H2,30,31,35). The van der Waals surface area contributed by atoms with Crippen LogP contribution in [0.3, 0.4) is 0 Å². The Kier molecular flexibility index (Phi) is 5.97. The predicted octanol–water partition coefficient (Wildman–Crippen LogP) is 5.64. The highest BCUT2D eigenvalue weighted by atomic mass is 16.7. The fourth-order valence-electron chi connectivity index (χ4n) is 4.05. The average Bonchev–Trinajstić information content (AvgIpc) is 3.68. The predicted molar refractivity (Wildman–Crippen MR) is 141 cm³/mol. The van der Waals surface area contributed by atoms with Crippen LogP contribution < -0.4 is 20.1 Å². The molecule has 2 N–H and O–H groups in total. The monoisotopic (exact) mass is 508 g/mol. The van der Waals surface area contributed by atoms with E-state index in [0.717, 1.165) is 22.4 Å². The van der Waals surface area contributed by atoms with Crippen LogP contribution in [0.2, 0.25) is 0 Å². The minimum atomic E-state index is -0.292. The van der Waals surface area contributed by atoms with Gasteiger partial charge in [0.25, 0.3) is 5.89 Å². The molecule has 0 saturated heterocycles. The van der Waals surface area contributed by atoms with Gasteiger partial charge in [-0.2, -0.15) is 4.98 Å². The van der Waals surface area contributed by atoms with Gasteiger partial charge >= 0.3 is 6.03 Å². The number of amides is 2. The number of carbonyl (C=O) groups excluding carboxylic acids is 1. The second-order valence-electron chi connectivity index (χ2n) is 9.00. The summed E-state index contributed by atoms with van der Waals surface area (Å²) >= 11 is 0. The van der Waals surface area contributed by atoms with Crippen molar-refractivity contribution in [2.75, 3.05) is 17.4 Å². The Bertz CT molecular complexity index is 1620. The van der Waals surface area contributed by atoms with Crippen LogP contribution in [0.25, 0.3) is 23.0 Å². The van der Waals surface area contributed by atoms with Crippen molar-refractivity contribution in [1.29, 1.82) is 0 Å². The van der Waals surface area contributed by atoms with Gasteiger partial charge in [0.15, 0.2) is 11.5 Å². The smallest absolute Gasteiger partial charge is 0.323 e. The van der Waals surface area contributed by atoms with E-state index in [1.165, 1.54) is 5.56 Å². The lowest BCUT2D eigenvalue weighted by atomic mass is 10.1. The maximum atomic E-state index is 12.4. The first kappa shape index (κ1) is 23.3. The molecule has 38 heavy (non-hydrogen) atoms. The van der Waals surface area contributed by atoms with Gasteiger partial charge in [-0.05, 0) is 73.0 Å². The van der Waals surface area contributed by atoms with Gasteiger partial charge in [-0.1, -0.05) is 23.4 Å². The van der Waals surface area contributed by atoms with E-state index in [2.05, 4.69) is 25.8 Å². The normalized spacial score (nSPS) is 11.9. The number of hydrogen-bond donors (Lipinski definition) is 2. The van der Waals surface area contributed by atoms with Gasteiger partial charge in [0, 0.05) is 29.7 Å². The number of aromatic nitrogens is 4. The minimum Gasteiger partial charge on any atom is -0.454 e. The number of nitrogens with one attached hydrogen (secondary N) is 2. The summed E-state index contributed by atoms with van der Waals surface area (Å²) in [5.41, 5.74) is 6.14. The summed E-state index contributed by atoms with van der Waals surface area (Å²) in [5.74, 6) is 2.12. The number of nitrogens with zero attached hydrogens (tertiary/aromatic N) is 4. The van der Waals surface area contributed by atoms with Crippen molar-refractivity contribution in [2.24, 2.45) is 0 Å². The highest BCUT2D eigenvalue weighted by molar-refractivity contribution is 5.99. The van der Waals surface area contributed by atoms with Crippen LogP contribution >= 0.6 is 0 Å². The van der Waals surface area contributed by atoms with Crippen molar-refractivity contribution in [3.05, 3.63) is 89.9 Å². The number of carbonyl (C=O) groups is 1. The molecule has 0 saturated carbocycles. The number of imidazole rings is 1. The first-order valence-electron chi connectivity index (χ1n) is 12.0. The fraction of sp³-hybridized carbons (Fsp3) is 0.143. The number of aryl methyl sites for hydroxylation is 2. The Morgan fingerprint density at radius 2 is 1.71 bits per heavy atom. The van der Waals surface area contributed by atoms with Crippen molar-refractivity contribution in [3.63, 3.8) is 0 Å². The van der Waals surface area contributed by atoms with Crippen LogP contribution in [0.15, 0.2) is 77.7 Å². The molecule has 10 heteroatoms. The molecule has 0 radical (unpaired) electrons. The largest absolute Gasteiger partial charge is 0.454 e. The topological polar surface area (TPSA) is 116 Å². The van der Waals surface area contributed by atoms with E-state index in [1.54, 1.807) is 6.33 Å². The molecule has 2 aromatic heterocycles. The van der Waals surface area contributed by atoms with E-state index in [9.17, 15) is 4.79 Å². The molecule has 0 bridgehead atoms. The van der Waals surface area contributed by atoms with Crippen LogP contribution in [0.1, 0.15) is 16.7 Å². The molecule has 2 amide bonds. The summed E-state index contributed by atoms with van der Waals surface area (Å²) in [6, 6.07) is 18.7. The summed E-state index contributed by atoms with van der Waals surface area (Å²) in [5, 5.41) is 9.80. The molecule has 1 aliphatic heterocycles. The second kappa shape index (κ2) is 9.74. The Hall–Kier alpha value is -5.12. The van der Waals surface area contributed by atoms with Gasteiger partial charge in [-0.25, -0.2) is 9.78 Å². The Morgan fingerprint density at radius 1 is 0.921 bits per heavy atom. The quantitative estimate of drug-likeness (QED) is 0.305. The molecular formula is C28H24N6O4. The molecule has 5 aromatic rings. The first-order valence-corrected chi connectivity index (χ1v) is 12.0. The van der Waals surface area contributed by atoms with Gasteiger partial charge in [0.2, 0.25) is 12.6 Å². The van der Waals surface area contributed by atoms with E-state index < -0.39 is 0 Å². The number of urea groups is 1. The third-order valence-corrected chi connectivity index (χ3v) is 6.25. The molecule has 1 aliphatic rings. The van der Waals surface area contributed by atoms with Crippen LogP contribution in [0.4, 0.5) is 16.2 Å². The fourth-order valence-corrected chi connectivity index (χ4v) is 4.05. The molecule has 0 aliphatic carbocycles. The van der Waals surface area contributed by atoms with Crippen molar-refractivity contribution < 1.29 is 18.8 Å². The van der Waals surface area contributed by atoms with Gasteiger partial charge < -0.3 is 29.2 Å². The maximum Gasteiger partial charge on any atom is 0.323 e. The number of fused-ring (bicyclic) bond motifs is 1. The molecule has 0 unspecified atom stereocenters. The van der Waals surface area contributed by atoms with Crippen molar-refractivity contribution in [2.45, 2.75) is 20.4 Å². The summed E-state index contributed by atoms with van der Waals surface area (Å²) in [7, 11) is 0. The Balaban J connectivity index is 1.07. The van der Waals surface area contributed by atoms with E-state index in [0.29, 0.717) is 41.1 Å². The van der Waals surface area contributed by atoms with Gasteiger partial charge in [-0.15, -0.1) is 0 Å². The van der Waals surface area contributed by atoms with E-state index in [1.807, 2.05) is 85.3 Å². The summed E-state index contributed by atoms with van der Waals surface area (Å²) in [4.78, 5) is 21.3. The number of ether oxygens (including phenoxy) is 2. The lowest BCUT2D eigenvalue weighted by Crippen LogP contribution is -2.19. The van der Waals surface area contributed by atoms with Crippen LogP contribution in [-0.2, 0) is 6.54 Å². The Morgan fingerprint density at radius 3 is 2.55 bits per heavy atom. The Labute approximate surface area is 218 Å². The SMILES string of the molecule is Cc1ccc(NC(=O)Nc2ccc(Cn3cnc(-c4nc(-c5ccc6c(c5)OCO6)no4)c3)cc2)cc1C. The molecule has 6 rings (SSSR count). The highest BCUT2D eigenvalue weighted by Crippen LogP contribution is 2.35. The summed E-state index contributed by atoms with van der Waals surface area (Å²) in [6.07, 6.45) is 3.56. The number of anilines is 2. The van der Waals surface area contributed by atoms with Crippen LogP contribution in [0, 0.1) is 13.8 Å². The van der Waals surface area contributed by atoms with E-state index >= 15 is 0 Å². The molecule has 0 spiro atoms. The van der Waals surface area contributed by atoms with Crippen LogP contribution in [-0.4, -0.2) is 32.5 Å². The number of benzene rings is 3. The van der Waals surface area contributed by atoms with Crippen molar-refractivity contribution in [1.82, 2.24) is 19.7 Å². The zero-order chi connectivity index (χ0) is 26.1. The first-order chi connectivity index (χ1) is 18.5. The van der Waals surface area contributed by atoms with Gasteiger partial charge in [0.1, 0.15) is 5.69 Å². The maximum absolute atomic E-state index is 12.4. The molecule has 3 heterocycles. The molecular weight excluding hydrogens is 484 g/mol. The van der Waals surface area contributed by atoms with Crippen molar-refractivity contribution >= 4 is 17.4 Å².